The van der Waals surface area contributed by atoms with Gasteiger partial charge in [0.2, 0.25) is 17.7 Å². The Morgan fingerprint density at radius 2 is 1.70 bits per heavy atom. The second-order valence-electron chi connectivity index (χ2n) is 15.4. The van der Waals surface area contributed by atoms with Gasteiger partial charge in [0.25, 0.3) is 0 Å². The molecule has 6 N–H and O–H groups in total. The largest absolute Gasteiger partial charge is 0.507 e. The van der Waals surface area contributed by atoms with Gasteiger partial charge in [0.15, 0.2) is 17.5 Å². The number of nitrogens with zero attached hydrogens (tertiary/aromatic N) is 6. The van der Waals surface area contributed by atoms with Crippen LogP contribution >= 0.6 is 11.3 Å². The molecule has 2 aliphatic heterocycles. The Bertz CT molecular complexity index is 2090. The first-order valence-corrected chi connectivity index (χ1v) is 19.3. The first kappa shape index (κ1) is 40.4. The van der Waals surface area contributed by atoms with E-state index < -0.39 is 46.9 Å². The fourth-order valence-electron chi connectivity index (χ4n) is 7.09. The van der Waals surface area contributed by atoms with E-state index >= 15 is 0 Å². The predicted molar refractivity (Wildman–Crippen MR) is 208 cm³/mol. The number of phenols is 1. The number of halogens is 2. The van der Waals surface area contributed by atoms with Gasteiger partial charge in [0.1, 0.15) is 17.8 Å². The zero-order valence-electron chi connectivity index (χ0n) is 31.9. The van der Waals surface area contributed by atoms with E-state index in [2.05, 4.69) is 25.8 Å². The molecule has 2 aliphatic rings. The minimum Gasteiger partial charge on any atom is -0.507 e. The number of carbonyl (C=O) groups is 3. The highest BCUT2D eigenvalue weighted by atomic mass is 32.1. The van der Waals surface area contributed by atoms with Crippen molar-refractivity contribution in [1.29, 1.82) is 0 Å². The number of aromatic hydroxyl groups is 1. The molecule has 4 atom stereocenters. The van der Waals surface area contributed by atoms with Crippen molar-refractivity contribution in [3.63, 3.8) is 0 Å². The Morgan fingerprint density at radius 1 is 1.02 bits per heavy atom. The average molecular weight is 792 g/mol. The maximum absolute atomic E-state index is 14.1. The minimum atomic E-state index is -1.19. The summed E-state index contributed by atoms with van der Waals surface area (Å²) in [6.07, 6.45) is -0.827. The van der Waals surface area contributed by atoms with Gasteiger partial charge in [-0.2, -0.15) is 0 Å². The lowest BCUT2D eigenvalue weighted by Crippen LogP contribution is -2.59. The number of nitrogens with one attached hydrogen (secondary N) is 2. The van der Waals surface area contributed by atoms with Crippen LogP contribution in [0.25, 0.3) is 21.7 Å². The van der Waals surface area contributed by atoms with E-state index in [-0.39, 0.29) is 54.4 Å². The molecule has 6 rings (SSSR count). The monoisotopic (exact) mass is 791 g/mol. The van der Waals surface area contributed by atoms with E-state index in [4.69, 9.17) is 5.73 Å². The minimum absolute atomic E-state index is 0.00281. The molecule has 0 saturated carbocycles. The summed E-state index contributed by atoms with van der Waals surface area (Å²) < 4.78 is 27.5. The molecule has 17 heteroatoms. The molecule has 4 aromatic rings. The number of phenolic OH excluding ortho intramolecular Hbond substituents is 1. The van der Waals surface area contributed by atoms with E-state index in [9.17, 15) is 33.4 Å². The van der Waals surface area contributed by atoms with Gasteiger partial charge in [-0.3, -0.25) is 19.3 Å². The number of hydrogen-bond donors (Lipinski definition) is 5. The Hall–Kier alpha value is -5.26. The van der Waals surface area contributed by atoms with E-state index in [0.29, 0.717) is 37.9 Å². The number of benzene rings is 2. The number of aryl methyl sites for hydroxylation is 1. The molecule has 3 amide bonds. The number of amides is 3. The number of carbonyl (C=O) groups excluding carboxylic acids is 3. The third-order valence-corrected chi connectivity index (χ3v) is 11.2. The van der Waals surface area contributed by atoms with Gasteiger partial charge in [0, 0.05) is 50.8 Å². The Labute approximate surface area is 327 Å². The summed E-state index contributed by atoms with van der Waals surface area (Å²) in [5, 5.41) is 34.7. The fraction of sp³-hybridized carbons (Fsp3) is 0.436. The van der Waals surface area contributed by atoms with Crippen LogP contribution in [-0.2, 0) is 14.4 Å². The molecule has 298 valence electrons. The third kappa shape index (κ3) is 8.90. The summed E-state index contributed by atoms with van der Waals surface area (Å²) in [5.74, 6) is -3.94. The molecule has 2 aromatic carbocycles. The first-order valence-electron chi connectivity index (χ1n) is 18.4. The summed E-state index contributed by atoms with van der Waals surface area (Å²) in [5.41, 5.74) is 10.6. The van der Waals surface area contributed by atoms with Crippen LogP contribution in [0.2, 0.25) is 0 Å². The highest BCUT2D eigenvalue weighted by Gasteiger charge is 2.45. The number of rotatable bonds is 10. The predicted octanol–water partition coefficient (Wildman–Crippen LogP) is 3.63. The number of nitrogens with two attached hydrogens (primary N) is 1. The van der Waals surface area contributed by atoms with Crippen LogP contribution in [-0.4, -0.2) is 110 Å². The van der Waals surface area contributed by atoms with Gasteiger partial charge in [-0.25, -0.2) is 13.8 Å². The zero-order valence-corrected chi connectivity index (χ0v) is 32.7. The Morgan fingerprint density at radius 3 is 2.34 bits per heavy atom. The molecule has 0 bridgehead atoms. The van der Waals surface area contributed by atoms with Crippen LogP contribution < -0.4 is 21.3 Å². The van der Waals surface area contributed by atoms with Crippen LogP contribution in [0.4, 0.5) is 20.3 Å². The van der Waals surface area contributed by atoms with Gasteiger partial charge < -0.3 is 36.4 Å². The Kier molecular flexibility index (Phi) is 11.9. The highest BCUT2D eigenvalue weighted by Crippen LogP contribution is 2.34. The maximum atomic E-state index is 14.1. The lowest BCUT2D eigenvalue weighted by molar-refractivity contribution is -0.144. The van der Waals surface area contributed by atoms with Crippen LogP contribution in [0.5, 0.6) is 5.75 Å². The number of likely N-dealkylation sites (tertiary alicyclic amines) is 1. The van der Waals surface area contributed by atoms with E-state index in [1.165, 1.54) is 4.90 Å². The molecule has 2 aromatic heterocycles. The van der Waals surface area contributed by atoms with Crippen LogP contribution in [0.1, 0.15) is 51.4 Å². The number of anilines is 2. The van der Waals surface area contributed by atoms with Crippen molar-refractivity contribution in [2.24, 2.45) is 5.41 Å². The van der Waals surface area contributed by atoms with Crippen molar-refractivity contribution in [3.05, 3.63) is 70.9 Å². The first-order chi connectivity index (χ1) is 26.5. The van der Waals surface area contributed by atoms with Crippen molar-refractivity contribution < 1.29 is 33.4 Å². The number of hydrogen-bond acceptors (Lipinski definition) is 12. The standard InChI is InChI=1S/C39H47F2N9O5S/c1-21(23-6-8-24(9-7-23)34-22(2)43-20-56-34)44-37(54)31-14-25(51)18-50(31)38(55)35(39(3,4)5)45-33(53)19-48-10-12-49(13-11-48)30-17-29(46-47-36(30)42)26-15-27(40)28(41)16-32(26)52/h6-9,15-17,20-21,25,31,35,51-52H,10-14,18-19H2,1-5H3,(H2,42,47)(H,44,54)(H,45,53)/t21-,25+,31-,35+/m0/s1. The lowest BCUT2D eigenvalue weighted by Gasteiger charge is -2.38. The van der Waals surface area contributed by atoms with Gasteiger partial charge in [-0.15, -0.1) is 21.5 Å². The quantitative estimate of drug-likeness (QED) is 0.158. The molecule has 56 heavy (non-hydrogen) atoms. The average Bonchev–Trinajstić information content (AvgIpc) is 3.77. The molecule has 2 saturated heterocycles. The fourth-order valence-corrected chi connectivity index (χ4v) is 7.90. The van der Waals surface area contributed by atoms with Crippen LogP contribution in [0.15, 0.2) is 48.0 Å². The van der Waals surface area contributed by atoms with Crippen LogP contribution in [0.3, 0.4) is 0 Å². The maximum Gasteiger partial charge on any atom is 0.246 e. The highest BCUT2D eigenvalue weighted by molar-refractivity contribution is 7.13. The summed E-state index contributed by atoms with van der Waals surface area (Å²) in [7, 11) is 0. The normalized spacial score (nSPS) is 18.8. The number of β-amino-alcohol motifs (C(OH)–C–C–N with tert-alkyl or cyclic N) is 1. The van der Waals surface area contributed by atoms with Gasteiger partial charge >= 0.3 is 0 Å². The third-order valence-electron chi connectivity index (χ3n) is 10.3. The van der Waals surface area contributed by atoms with E-state index in [1.807, 2.05) is 68.7 Å². The molecule has 14 nitrogen and oxygen atoms in total. The number of thiazole rings is 1. The van der Waals surface area contributed by atoms with Gasteiger partial charge in [-0.05, 0) is 42.5 Å². The number of piperazine rings is 1. The molecule has 4 heterocycles. The van der Waals surface area contributed by atoms with Crippen molar-refractivity contribution in [1.82, 2.24) is 35.6 Å². The molecule has 2 fully saturated rings. The van der Waals surface area contributed by atoms with Crippen molar-refractivity contribution in [2.45, 2.75) is 65.3 Å². The van der Waals surface area contributed by atoms with Crippen molar-refractivity contribution >= 4 is 40.6 Å². The van der Waals surface area contributed by atoms with E-state index in [1.54, 1.807) is 22.9 Å². The summed E-state index contributed by atoms with van der Waals surface area (Å²) in [6.45, 7) is 11.0. The zero-order chi connectivity index (χ0) is 40.5. The number of nitrogen functional groups attached to an aromatic ring is 1. The molecular formula is C39H47F2N9O5S. The molecule has 0 aliphatic carbocycles. The summed E-state index contributed by atoms with van der Waals surface area (Å²) in [4.78, 5) is 51.9. The van der Waals surface area contributed by atoms with Crippen molar-refractivity contribution in [2.75, 3.05) is 49.9 Å². The number of aliphatic hydroxyl groups is 1. The number of aromatic nitrogens is 3. The Balaban J connectivity index is 1.06. The summed E-state index contributed by atoms with van der Waals surface area (Å²) >= 11 is 1.56. The molecule has 0 spiro atoms. The second-order valence-corrected chi connectivity index (χ2v) is 16.3. The molecular weight excluding hydrogens is 745 g/mol. The van der Waals surface area contributed by atoms with Gasteiger partial charge in [-0.1, -0.05) is 45.0 Å². The smallest absolute Gasteiger partial charge is 0.246 e. The number of aliphatic hydroxyl groups excluding tert-OH is 1. The van der Waals surface area contributed by atoms with Crippen molar-refractivity contribution in [3.8, 4) is 27.4 Å². The van der Waals surface area contributed by atoms with E-state index in [0.717, 1.165) is 27.8 Å². The lowest BCUT2D eigenvalue weighted by atomic mass is 9.85. The van der Waals surface area contributed by atoms with Crippen LogP contribution in [0, 0.1) is 24.0 Å². The second kappa shape index (κ2) is 16.5. The molecule has 0 radical (unpaired) electrons. The summed E-state index contributed by atoms with van der Waals surface area (Å²) in [6, 6.07) is 8.66. The van der Waals surface area contributed by atoms with Gasteiger partial charge in [0.05, 0.1) is 46.2 Å². The topological polar surface area (TPSA) is 190 Å². The molecule has 0 unspecified atom stereocenters. The SMILES string of the molecule is Cc1ncsc1-c1ccc([C@H](C)NC(=O)[C@@H]2C[C@@H](O)CN2C(=O)[C@@H](NC(=O)CN2CCN(c3cc(-c4cc(F)c(F)cc4O)nnc3N)CC2)C(C)(C)C)cc1.